The summed E-state index contributed by atoms with van der Waals surface area (Å²) in [5.74, 6) is 0.0746. The molecular weight excluding hydrogens is 386 g/mol. The second-order valence-electron chi connectivity index (χ2n) is 6.56. The minimum atomic E-state index is -0.984. The van der Waals surface area contributed by atoms with E-state index in [1.54, 1.807) is 60.5 Å². The van der Waals surface area contributed by atoms with Crippen LogP contribution in [0.3, 0.4) is 0 Å². The number of carboxylic acid groups (broad SMARTS) is 1. The third-order valence-electron chi connectivity index (χ3n) is 4.70. The van der Waals surface area contributed by atoms with Crippen LogP contribution in [0, 0.1) is 0 Å². The number of pyridine rings is 1. The molecule has 4 rings (SSSR count). The van der Waals surface area contributed by atoms with E-state index in [4.69, 9.17) is 14.6 Å². The Morgan fingerprint density at radius 1 is 1.07 bits per heavy atom. The maximum Gasteiger partial charge on any atom is 0.335 e. The molecule has 3 aromatic rings. The number of carbonyl (C=O) groups excluding carboxylic acids is 1. The van der Waals surface area contributed by atoms with E-state index < -0.39 is 5.97 Å². The molecule has 2 N–H and O–H groups in total. The lowest BCUT2D eigenvalue weighted by Gasteiger charge is -2.29. The molecule has 8 nitrogen and oxygen atoms in total. The highest BCUT2D eigenvalue weighted by atomic mass is 16.5. The Balaban J connectivity index is 1.55. The molecule has 1 aromatic heterocycles. The van der Waals surface area contributed by atoms with E-state index in [1.165, 1.54) is 12.1 Å². The van der Waals surface area contributed by atoms with Crippen molar-refractivity contribution in [3.63, 3.8) is 0 Å². The highest BCUT2D eigenvalue weighted by Crippen LogP contribution is 2.33. The summed E-state index contributed by atoms with van der Waals surface area (Å²) >= 11 is 0. The number of carboxylic acids is 1. The monoisotopic (exact) mass is 405 g/mol. The maximum atomic E-state index is 12.8. The van der Waals surface area contributed by atoms with Crippen molar-refractivity contribution in [1.82, 2.24) is 4.98 Å². The van der Waals surface area contributed by atoms with Crippen LogP contribution in [0.4, 0.5) is 16.2 Å². The van der Waals surface area contributed by atoms with Gasteiger partial charge in [-0.2, -0.15) is 0 Å². The number of urea groups is 1. The fourth-order valence-electron chi connectivity index (χ4n) is 3.12. The zero-order valence-corrected chi connectivity index (χ0v) is 16.2. The van der Waals surface area contributed by atoms with Crippen molar-refractivity contribution in [2.24, 2.45) is 0 Å². The summed E-state index contributed by atoms with van der Waals surface area (Å²) in [5.41, 5.74) is 2.80. The Kier molecular flexibility index (Phi) is 5.21. The molecule has 2 amide bonds. The van der Waals surface area contributed by atoms with Crippen LogP contribution < -0.4 is 19.7 Å². The quantitative estimate of drug-likeness (QED) is 0.683. The van der Waals surface area contributed by atoms with Gasteiger partial charge in [-0.3, -0.25) is 4.90 Å². The Bertz CT molecular complexity index is 1080. The number of anilines is 2. The highest BCUT2D eigenvalue weighted by molar-refractivity contribution is 6.02. The van der Waals surface area contributed by atoms with Crippen LogP contribution >= 0.6 is 0 Å². The molecule has 0 fully saturated rings. The standard InChI is InChI=1S/C22H19N3O5/c1-29-17-8-6-16(7-9-17)23-22(28)25-12-13-30-20-19(25)11-10-18(24-20)14-2-4-15(5-3-14)21(26)27/h2-11H,12-13H2,1H3,(H,23,28)(H,26,27). The molecule has 0 saturated carbocycles. The van der Waals surface area contributed by atoms with E-state index >= 15 is 0 Å². The average Bonchev–Trinajstić information content (AvgIpc) is 2.78. The molecule has 152 valence electrons. The number of amides is 2. The normalized spacial score (nSPS) is 12.5. The smallest absolute Gasteiger partial charge is 0.335 e. The number of aromatic nitrogens is 1. The zero-order chi connectivity index (χ0) is 21.1. The van der Waals surface area contributed by atoms with Crippen LogP contribution in [0.1, 0.15) is 10.4 Å². The summed E-state index contributed by atoms with van der Waals surface area (Å²) in [7, 11) is 1.58. The predicted molar refractivity (Wildman–Crippen MR) is 111 cm³/mol. The van der Waals surface area contributed by atoms with E-state index in [0.29, 0.717) is 41.8 Å². The second-order valence-corrected chi connectivity index (χ2v) is 6.56. The Morgan fingerprint density at radius 2 is 1.80 bits per heavy atom. The molecule has 30 heavy (non-hydrogen) atoms. The van der Waals surface area contributed by atoms with Crippen molar-refractivity contribution in [3.8, 4) is 22.9 Å². The highest BCUT2D eigenvalue weighted by Gasteiger charge is 2.25. The SMILES string of the molecule is COc1ccc(NC(=O)N2CCOc3nc(-c4ccc(C(=O)O)cc4)ccc32)cc1. The lowest BCUT2D eigenvalue weighted by atomic mass is 10.1. The summed E-state index contributed by atoms with van der Waals surface area (Å²) < 4.78 is 10.8. The average molecular weight is 405 g/mol. The van der Waals surface area contributed by atoms with E-state index in [0.717, 1.165) is 5.56 Å². The van der Waals surface area contributed by atoms with Crippen molar-refractivity contribution < 1.29 is 24.2 Å². The number of nitrogens with one attached hydrogen (secondary N) is 1. The maximum absolute atomic E-state index is 12.8. The topological polar surface area (TPSA) is 101 Å². The molecule has 2 aromatic carbocycles. The Labute approximate surface area is 172 Å². The molecule has 0 unspecified atom stereocenters. The van der Waals surface area contributed by atoms with Gasteiger partial charge in [-0.15, -0.1) is 0 Å². The van der Waals surface area contributed by atoms with E-state index in [1.807, 2.05) is 0 Å². The molecule has 0 radical (unpaired) electrons. The van der Waals surface area contributed by atoms with Crippen molar-refractivity contribution >= 4 is 23.4 Å². The number of hydrogen-bond donors (Lipinski definition) is 2. The first-order valence-electron chi connectivity index (χ1n) is 9.25. The molecule has 0 saturated heterocycles. The number of carbonyl (C=O) groups is 2. The van der Waals surface area contributed by atoms with E-state index in [-0.39, 0.29) is 11.6 Å². The fraction of sp³-hybridized carbons (Fsp3) is 0.136. The van der Waals surface area contributed by atoms with E-state index in [9.17, 15) is 9.59 Å². The van der Waals surface area contributed by atoms with Gasteiger partial charge >= 0.3 is 12.0 Å². The minimum absolute atomic E-state index is 0.203. The van der Waals surface area contributed by atoms with Gasteiger partial charge in [-0.1, -0.05) is 12.1 Å². The van der Waals surface area contributed by atoms with Crippen LogP contribution in [-0.2, 0) is 0 Å². The first-order chi connectivity index (χ1) is 14.5. The lowest BCUT2D eigenvalue weighted by molar-refractivity contribution is 0.0697. The minimum Gasteiger partial charge on any atom is -0.497 e. The fourth-order valence-corrected chi connectivity index (χ4v) is 3.12. The van der Waals surface area contributed by atoms with Crippen LogP contribution in [0.2, 0.25) is 0 Å². The largest absolute Gasteiger partial charge is 0.497 e. The molecule has 0 atom stereocenters. The van der Waals surface area contributed by atoms with Crippen molar-refractivity contribution in [3.05, 3.63) is 66.2 Å². The molecule has 2 heterocycles. The molecule has 1 aliphatic heterocycles. The van der Waals surface area contributed by atoms with Gasteiger partial charge in [0.05, 0.1) is 24.9 Å². The van der Waals surface area contributed by atoms with Crippen molar-refractivity contribution in [2.75, 3.05) is 30.5 Å². The second kappa shape index (κ2) is 8.12. The number of nitrogens with zero attached hydrogens (tertiary/aromatic N) is 2. The number of aromatic carboxylic acids is 1. The molecule has 8 heteroatoms. The Hall–Kier alpha value is -4.07. The summed E-state index contributed by atoms with van der Waals surface area (Å²) in [6.07, 6.45) is 0. The number of methoxy groups -OCH3 is 1. The Morgan fingerprint density at radius 3 is 2.47 bits per heavy atom. The number of rotatable bonds is 4. The van der Waals surface area contributed by atoms with Crippen LogP contribution in [0.25, 0.3) is 11.3 Å². The molecule has 0 spiro atoms. The molecule has 0 aliphatic carbocycles. The summed E-state index contributed by atoms with van der Waals surface area (Å²) in [4.78, 5) is 29.9. The van der Waals surface area contributed by atoms with Crippen molar-refractivity contribution in [2.45, 2.75) is 0 Å². The molecule has 0 bridgehead atoms. The van der Waals surface area contributed by atoms with Gasteiger partial charge in [0.2, 0.25) is 5.88 Å². The molecular formula is C22H19N3O5. The predicted octanol–water partition coefficient (Wildman–Crippen LogP) is 3.89. The first kappa shape index (κ1) is 19.3. The van der Waals surface area contributed by atoms with Gasteiger partial charge in [-0.25, -0.2) is 14.6 Å². The van der Waals surface area contributed by atoms with Gasteiger partial charge in [0.25, 0.3) is 0 Å². The molecule has 1 aliphatic rings. The van der Waals surface area contributed by atoms with Gasteiger partial charge in [0, 0.05) is 11.3 Å². The lowest BCUT2D eigenvalue weighted by Crippen LogP contribution is -2.41. The third kappa shape index (κ3) is 3.88. The van der Waals surface area contributed by atoms with Gasteiger partial charge in [-0.05, 0) is 48.5 Å². The number of ether oxygens (including phenoxy) is 2. The third-order valence-corrected chi connectivity index (χ3v) is 4.70. The summed E-state index contributed by atoms with van der Waals surface area (Å²) in [5, 5.41) is 11.9. The zero-order valence-electron chi connectivity index (χ0n) is 16.2. The first-order valence-corrected chi connectivity index (χ1v) is 9.25. The van der Waals surface area contributed by atoms with Gasteiger partial charge in [0.1, 0.15) is 18.0 Å². The summed E-state index contributed by atoms with van der Waals surface area (Å²) in [6, 6.07) is 16.8. The number of hydrogen-bond acceptors (Lipinski definition) is 5. The summed E-state index contributed by atoms with van der Waals surface area (Å²) in [6.45, 7) is 0.709. The van der Waals surface area contributed by atoms with Crippen LogP contribution in [-0.4, -0.2) is 42.4 Å². The van der Waals surface area contributed by atoms with Gasteiger partial charge in [0.15, 0.2) is 0 Å². The van der Waals surface area contributed by atoms with Crippen molar-refractivity contribution in [1.29, 1.82) is 0 Å². The van der Waals surface area contributed by atoms with E-state index in [2.05, 4.69) is 10.3 Å². The van der Waals surface area contributed by atoms with Crippen LogP contribution in [0.15, 0.2) is 60.7 Å². The van der Waals surface area contributed by atoms with Crippen LogP contribution in [0.5, 0.6) is 11.6 Å². The number of benzene rings is 2. The number of fused-ring (bicyclic) bond motifs is 1. The van der Waals surface area contributed by atoms with Gasteiger partial charge < -0.3 is 19.9 Å².